The van der Waals surface area contributed by atoms with Crippen molar-refractivity contribution in [1.29, 1.82) is 0 Å². The van der Waals surface area contributed by atoms with Crippen LogP contribution in [0.15, 0.2) is 0 Å². The van der Waals surface area contributed by atoms with Crippen LogP contribution in [0.25, 0.3) is 0 Å². The predicted molar refractivity (Wildman–Crippen MR) is 39.6 cm³/mol. The zero-order chi connectivity index (χ0) is 7.28. The van der Waals surface area contributed by atoms with E-state index in [1.807, 2.05) is 27.7 Å². The first-order valence-electron chi connectivity index (χ1n) is 3.36. The van der Waals surface area contributed by atoms with Gasteiger partial charge in [-0.05, 0) is 27.7 Å². The van der Waals surface area contributed by atoms with Crippen LogP contribution >= 0.6 is 0 Å². The number of hydrogen-bond acceptors (Lipinski definition) is 2. The maximum absolute atomic E-state index is 5.13. The molecule has 3 heteroatoms. The van der Waals surface area contributed by atoms with Gasteiger partial charge in [0.15, 0.2) is 0 Å². The van der Waals surface area contributed by atoms with Crippen molar-refractivity contribution >= 4 is 7.69 Å². The van der Waals surface area contributed by atoms with E-state index < -0.39 is 0 Å². The van der Waals surface area contributed by atoms with Crippen LogP contribution in [0.3, 0.4) is 0 Å². The second-order valence-corrected chi connectivity index (χ2v) is 2.55. The maximum atomic E-state index is 5.13. The predicted octanol–water partition coefficient (Wildman–Crippen LogP) is 1.10. The van der Waals surface area contributed by atoms with Gasteiger partial charge in [-0.2, -0.15) is 0 Å². The Morgan fingerprint density at radius 1 is 0.889 bits per heavy atom. The molecule has 0 unspecified atom stereocenters. The lowest BCUT2D eigenvalue weighted by atomic mass is 10.3. The average Bonchev–Trinajstić information content (AvgIpc) is 1.63. The van der Waals surface area contributed by atoms with E-state index in [0.717, 1.165) is 0 Å². The second-order valence-electron chi connectivity index (χ2n) is 2.55. The van der Waals surface area contributed by atoms with E-state index in [1.165, 1.54) is 0 Å². The van der Waals surface area contributed by atoms with Gasteiger partial charge in [-0.15, -0.1) is 0 Å². The summed E-state index contributed by atoms with van der Waals surface area (Å²) in [6.45, 7) is 7.96. The van der Waals surface area contributed by atoms with Gasteiger partial charge in [0.2, 0.25) is 0 Å². The highest BCUT2D eigenvalue weighted by Gasteiger charge is 1.97. The smallest absolute Gasteiger partial charge is 0.412 e. The lowest BCUT2D eigenvalue weighted by Gasteiger charge is -2.08. The van der Waals surface area contributed by atoms with Crippen molar-refractivity contribution in [3.05, 3.63) is 0 Å². The minimum Gasteiger partial charge on any atom is -0.412 e. The first-order chi connectivity index (χ1) is 4.13. The molecule has 0 rings (SSSR count). The Morgan fingerprint density at radius 3 is 1.44 bits per heavy atom. The summed E-state index contributed by atoms with van der Waals surface area (Å²) in [6.07, 6.45) is 0.535. The molecular formula is C6H15BO2. The Labute approximate surface area is 57.8 Å². The SMILES string of the molecule is CC(C)OBOC(C)C. The van der Waals surface area contributed by atoms with E-state index in [9.17, 15) is 0 Å². The van der Waals surface area contributed by atoms with Gasteiger partial charge >= 0.3 is 7.69 Å². The van der Waals surface area contributed by atoms with Crippen molar-refractivity contribution in [1.82, 2.24) is 0 Å². The molecule has 0 bridgehead atoms. The van der Waals surface area contributed by atoms with Crippen molar-refractivity contribution in [2.75, 3.05) is 0 Å². The van der Waals surface area contributed by atoms with E-state index >= 15 is 0 Å². The van der Waals surface area contributed by atoms with Crippen LogP contribution in [0.1, 0.15) is 27.7 Å². The lowest BCUT2D eigenvalue weighted by molar-refractivity contribution is 0.152. The van der Waals surface area contributed by atoms with Gasteiger partial charge in [0.25, 0.3) is 0 Å². The minimum absolute atomic E-state index is 0.267. The zero-order valence-corrected chi connectivity index (χ0v) is 6.68. The molecule has 0 amide bonds. The van der Waals surface area contributed by atoms with Crippen molar-refractivity contribution in [3.63, 3.8) is 0 Å². The van der Waals surface area contributed by atoms with E-state index in [-0.39, 0.29) is 12.2 Å². The molecule has 0 saturated heterocycles. The molecule has 0 N–H and O–H groups in total. The standard InChI is InChI=1S/C6H15BO2/c1-5(2)8-7-9-6(3)4/h5-7H,1-4H3. The molecule has 0 fully saturated rings. The Hall–Kier alpha value is -0.0151. The van der Waals surface area contributed by atoms with Gasteiger partial charge in [0.1, 0.15) is 0 Å². The summed E-state index contributed by atoms with van der Waals surface area (Å²) in [7, 11) is 0.412. The summed E-state index contributed by atoms with van der Waals surface area (Å²) < 4.78 is 10.3. The fourth-order valence-electron chi connectivity index (χ4n) is 0.311. The summed E-state index contributed by atoms with van der Waals surface area (Å²) in [5.41, 5.74) is 0. The molecule has 0 radical (unpaired) electrons. The summed E-state index contributed by atoms with van der Waals surface area (Å²) in [6, 6.07) is 0. The van der Waals surface area contributed by atoms with Crippen LogP contribution in [-0.4, -0.2) is 19.9 Å². The normalized spacial score (nSPS) is 10.9. The van der Waals surface area contributed by atoms with E-state index in [4.69, 9.17) is 9.31 Å². The van der Waals surface area contributed by atoms with E-state index in [1.54, 1.807) is 0 Å². The summed E-state index contributed by atoms with van der Waals surface area (Å²) in [5, 5.41) is 0. The van der Waals surface area contributed by atoms with Crippen molar-refractivity contribution in [3.8, 4) is 0 Å². The van der Waals surface area contributed by atoms with E-state index in [0.29, 0.717) is 7.69 Å². The van der Waals surface area contributed by atoms with Crippen molar-refractivity contribution in [2.24, 2.45) is 0 Å². The Bertz CT molecular complexity index is 56.1. The van der Waals surface area contributed by atoms with Crippen LogP contribution in [0.4, 0.5) is 0 Å². The lowest BCUT2D eigenvalue weighted by Crippen LogP contribution is -2.14. The van der Waals surface area contributed by atoms with Crippen LogP contribution in [0.2, 0.25) is 0 Å². The molecule has 0 spiro atoms. The highest BCUT2D eigenvalue weighted by Crippen LogP contribution is 1.89. The largest absolute Gasteiger partial charge is 0.438 e. The molecule has 0 aromatic heterocycles. The molecular weight excluding hydrogens is 115 g/mol. The zero-order valence-electron chi connectivity index (χ0n) is 6.68. The first-order valence-corrected chi connectivity index (χ1v) is 3.36. The third-order valence-corrected chi connectivity index (χ3v) is 0.803. The quantitative estimate of drug-likeness (QED) is 0.530. The molecule has 0 aliphatic rings. The third-order valence-electron chi connectivity index (χ3n) is 0.803. The van der Waals surface area contributed by atoms with Gasteiger partial charge in [0.05, 0.1) is 0 Å². The molecule has 0 aliphatic heterocycles. The van der Waals surface area contributed by atoms with Gasteiger partial charge in [0, 0.05) is 12.2 Å². The van der Waals surface area contributed by atoms with Gasteiger partial charge in [-0.1, -0.05) is 0 Å². The summed E-state index contributed by atoms with van der Waals surface area (Å²) in [4.78, 5) is 0. The highest BCUT2D eigenvalue weighted by atomic mass is 16.6. The van der Waals surface area contributed by atoms with Gasteiger partial charge in [-0.3, -0.25) is 0 Å². The number of hydrogen-bond donors (Lipinski definition) is 0. The topological polar surface area (TPSA) is 18.5 Å². The Morgan fingerprint density at radius 2 is 1.22 bits per heavy atom. The third kappa shape index (κ3) is 7.98. The van der Waals surface area contributed by atoms with Crippen LogP contribution in [0, 0.1) is 0 Å². The Balaban J connectivity index is 2.91. The molecule has 9 heavy (non-hydrogen) atoms. The van der Waals surface area contributed by atoms with Gasteiger partial charge < -0.3 is 9.31 Å². The Kier molecular flexibility index (Phi) is 4.82. The number of rotatable bonds is 4. The molecule has 54 valence electrons. The molecule has 0 heterocycles. The molecule has 0 aliphatic carbocycles. The van der Waals surface area contributed by atoms with Gasteiger partial charge in [-0.25, -0.2) is 0 Å². The molecule has 2 nitrogen and oxygen atoms in total. The molecule has 0 atom stereocenters. The first kappa shape index (κ1) is 8.98. The summed E-state index contributed by atoms with van der Waals surface area (Å²) >= 11 is 0. The average molecular weight is 130 g/mol. The van der Waals surface area contributed by atoms with Crippen molar-refractivity contribution in [2.45, 2.75) is 39.9 Å². The molecule has 0 aromatic carbocycles. The van der Waals surface area contributed by atoms with Crippen LogP contribution in [-0.2, 0) is 9.31 Å². The highest BCUT2D eigenvalue weighted by molar-refractivity contribution is 6.18. The monoisotopic (exact) mass is 130 g/mol. The fourth-order valence-corrected chi connectivity index (χ4v) is 0.311. The molecule has 0 aromatic rings. The maximum Gasteiger partial charge on any atom is 0.438 e. The summed E-state index contributed by atoms with van der Waals surface area (Å²) in [5.74, 6) is 0. The fraction of sp³-hybridized carbons (Fsp3) is 1.00. The van der Waals surface area contributed by atoms with Crippen LogP contribution < -0.4 is 0 Å². The molecule has 0 saturated carbocycles. The second kappa shape index (κ2) is 4.83. The van der Waals surface area contributed by atoms with Crippen LogP contribution in [0.5, 0.6) is 0 Å². The van der Waals surface area contributed by atoms with Crippen molar-refractivity contribution < 1.29 is 9.31 Å². The van der Waals surface area contributed by atoms with E-state index in [2.05, 4.69) is 0 Å². The minimum atomic E-state index is 0.267.